The number of phenols is 1. The lowest BCUT2D eigenvalue weighted by Gasteiger charge is -2.10. The van der Waals surface area contributed by atoms with Crippen LogP contribution in [0, 0.1) is 6.92 Å². The summed E-state index contributed by atoms with van der Waals surface area (Å²) < 4.78 is 0. The molecule has 0 aromatic heterocycles. The molecule has 0 bridgehead atoms. The van der Waals surface area contributed by atoms with E-state index in [1.54, 1.807) is 6.07 Å². The number of hydrogen-bond donors (Lipinski definition) is 3. The highest BCUT2D eigenvalue weighted by molar-refractivity contribution is 7.98. The summed E-state index contributed by atoms with van der Waals surface area (Å²) in [5.41, 5.74) is 1.96. The maximum atomic E-state index is 11.0. The summed E-state index contributed by atoms with van der Waals surface area (Å²) in [4.78, 5) is 21.1. The molecule has 3 N–H and O–H groups in total. The summed E-state index contributed by atoms with van der Waals surface area (Å²) in [5, 5.41) is 19.9. The lowest BCUT2D eigenvalue weighted by molar-refractivity contribution is -0.131. The number of carbonyl (C=O) groups excluding carboxylic acids is 1. The summed E-state index contributed by atoms with van der Waals surface area (Å²) in [7, 11) is 0. The predicted octanol–water partition coefficient (Wildman–Crippen LogP) is 2.48. The quantitative estimate of drug-likeness (QED) is 0.574. The van der Waals surface area contributed by atoms with E-state index in [0.717, 1.165) is 22.1 Å². The second kappa shape index (κ2) is 9.66. The van der Waals surface area contributed by atoms with Crippen LogP contribution in [0.25, 0.3) is 0 Å². The lowest BCUT2D eigenvalue weighted by atomic mass is 10.1. The van der Waals surface area contributed by atoms with Crippen molar-refractivity contribution in [3.8, 4) is 5.75 Å². The van der Waals surface area contributed by atoms with Gasteiger partial charge in [-0.25, -0.2) is 4.79 Å². The summed E-state index contributed by atoms with van der Waals surface area (Å²) in [6.45, 7) is 8.70. The van der Waals surface area contributed by atoms with E-state index >= 15 is 0 Å². The zero-order valence-electron chi connectivity index (χ0n) is 12.0. The molecule has 0 aliphatic rings. The highest BCUT2D eigenvalue weighted by Gasteiger charge is 2.06. The second-order valence-electron chi connectivity index (χ2n) is 3.91. The third-order valence-electron chi connectivity index (χ3n) is 2.45. The maximum Gasteiger partial charge on any atom is 0.327 e. The smallest absolute Gasteiger partial charge is 0.327 e. The van der Waals surface area contributed by atoms with E-state index in [0.29, 0.717) is 6.54 Å². The van der Waals surface area contributed by atoms with Gasteiger partial charge in [0.15, 0.2) is 0 Å². The highest BCUT2D eigenvalue weighted by atomic mass is 32.2. The number of carbonyl (C=O) groups is 2. The molecule has 21 heavy (non-hydrogen) atoms. The normalized spacial score (nSPS) is 9.05. The number of amides is 1. The fraction of sp³-hybridized carbons (Fsp3) is 0.200. The predicted molar refractivity (Wildman–Crippen MR) is 84.5 cm³/mol. The van der Waals surface area contributed by atoms with E-state index in [1.807, 2.05) is 19.2 Å². The molecule has 0 unspecified atom stereocenters. The first-order valence-corrected chi connectivity index (χ1v) is 7.20. The van der Waals surface area contributed by atoms with E-state index < -0.39 is 5.97 Å². The van der Waals surface area contributed by atoms with Gasteiger partial charge in [0.1, 0.15) is 5.75 Å². The molecule has 6 heteroatoms. The van der Waals surface area contributed by atoms with Gasteiger partial charge in [-0.1, -0.05) is 13.2 Å². The van der Waals surface area contributed by atoms with Crippen molar-refractivity contribution < 1.29 is 19.8 Å². The molecular formula is C15H19NO4S. The number of aromatic hydroxyl groups is 1. The van der Waals surface area contributed by atoms with Gasteiger partial charge in [0.2, 0.25) is 5.91 Å². The fourth-order valence-corrected chi connectivity index (χ4v) is 1.85. The van der Waals surface area contributed by atoms with Gasteiger partial charge in [0, 0.05) is 17.5 Å². The van der Waals surface area contributed by atoms with Crippen molar-refractivity contribution in [2.24, 2.45) is 0 Å². The minimum atomic E-state index is -0.981. The Labute approximate surface area is 128 Å². The Balaban J connectivity index is 0.000000690. The fourth-order valence-electron chi connectivity index (χ4n) is 1.32. The van der Waals surface area contributed by atoms with Gasteiger partial charge in [0.05, 0.1) is 0 Å². The standard InChI is InChI=1S/C12H15NO2S.C3H4O2/c1-4-12(15)13-7-9-6-11(16-3)10(14)5-8(9)2;1-2-3(4)5/h4-6,14H,1,7H2,2-3H3,(H,13,15);2H,1H2,(H,4,5). The van der Waals surface area contributed by atoms with Crippen molar-refractivity contribution in [3.05, 3.63) is 48.6 Å². The molecule has 0 saturated heterocycles. The first-order chi connectivity index (χ1) is 9.85. The van der Waals surface area contributed by atoms with Gasteiger partial charge < -0.3 is 15.5 Å². The largest absolute Gasteiger partial charge is 0.507 e. The highest BCUT2D eigenvalue weighted by Crippen LogP contribution is 2.29. The lowest BCUT2D eigenvalue weighted by Crippen LogP contribution is -2.20. The zero-order chi connectivity index (χ0) is 16.4. The molecule has 0 atom stereocenters. The molecule has 114 valence electrons. The molecule has 0 fully saturated rings. The van der Waals surface area contributed by atoms with Crippen molar-refractivity contribution in [2.45, 2.75) is 18.4 Å². The Kier molecular flexibility index (Phi) is 8.64. The molecule has 5 nitrogen and oxygen atoms in total. The van der Waals surface area contributed by atoms with Gasteiger partial charge in [-0.2, -0.15) is 0 Å². The van der Waals surface area contributed by atoms with Crippen LogP contribution in [0.2, 0.25) is 0 Å². The molecule has 0 aliphatic carbocycles. The van der Waals surface area contributed by atoms with Crippen molar-refractivity contribution in [1.82, 2.24) is 5.32 Å². The van der Waals surface area contributed by atoms with Crippen LogP contribution in [0.15, 0.2) is 42.3 Å². The third kappa shape index (κ3) is 7.22. The van der Waals surface area contributed by atoms with Crippen molar-refractivity contribution in [2.75, 3.05) is 6.26 Å². The number of benzene rings is 1. The number of rotatable bonds is 5. The molecule has 1 aromatic rings. The van der Waals surface area contributed by atoms with Crippen LogP contribution in [-0.2, 0) is 16.1 Å². The van der Waals surface area contributed by atoms with Gasteiger partial charge in [0.25, 0.3) is 0 Å². The minimum Gasteiger partial charge on any atom is -0.507 e. The topological polar surface area (TPSA) is 86.6 Å². The maximum absolute atomic E-state index is 11.0. The Morgan fingerprint density at radius 1 is 1.33 bits per heavy atom. The second-order valence-corrected chi connectivity index (χ2v) is 4.76. The number of thioether (sulfide) groups is 1. The molecular weight excluding hydrogens is 290 g/mol. The Bertz CT molecular complexity index is 541. The molecule has 1 aromatic carbocycles. The van der Waals surface area contributed by atoms with E-state index in [4.69, 9.17) is 5.11 Å². The van der Waals surface area contributed by atoms with Crippen molar-refractivity contribution in [3.63, 3.8) is 0 Å². The molecule has 0 aliphatic heterocycles. The van der Waals surface area contributed by atoms with Gasteiger partial charge in [-0.3, -0.25) is 4.79 Å². The first kappa shape index (κ1) is 18.8. The molecule has 0 saturated carbocycles. The molecule has 0 spiro atoms. The van der Waals surface area contributed by atoms with Crippen LogP contribution in [0.4, 0.5) is 0 Å². The van der Waals surface area contributed by atoms with Crippen LogP contribution in [0.1, 0.15) is 11.1 Å². The van der Waals surface area contributed by atoms with E-state index in [-0.39, 0.29) is 11.7 Å². The number of aryl methyl sites for hydroxylation is 1. The average Bonchev–Trinajstić information content (AvgIpc) is 2.46. The van der Waals surface area contributed by atoms with Crippen LogP contribution in [-0.4, -0.2) is 28.3 Å². The van der Waals surface area contributed by atoms with Gasteiger partial charge in [-0.15, -0.1) is 11.8 Å². The molecule has 0 heterocycles. The SMILES string of the molecule is C=CC(=O)NCc1cc(SC)c(O)cc1C.C=CC(=O)O. The number of carboxylic acids is 1. The zero-order valence-corrected chi connectivity index (χ0v) is 12.9. The van der Waals surface area contributed by atoms with E-state index in [1.165, 1.54) is 17.8 Å². The monoisotopic (exact) mass is 309 g/mol. The number of phenolic OH excluding ortho intramolecular Hbond substituents is 1. The Morgan fingerprint density at radius 2 is 1.90 bits per heavy atom. The van der Waals surface area contributed by atoms with Crippen LogP contribution >= 0.6 is 11.8 Å². The number of aliphatic carboxylic acids is 1. The van der Waals surface area contributed by atoms with Gasteiger partial charge >= 0.3 is 5.97 Å². The third-order valence-corrected chi connectivity index (χ3v) is 3.22. The average molecular weight is 309 g/mol. The minimum absolute atomic E-state index is 0.196. The molecule has 1 amide bonds. The van der Waals surface area contributed by atoms with Crippen molar-refractivity contribution >= 4 is 23.6 Å². The van der Waals surface area contributed by atoms with Crippen molar-refractivity contribution in [1.29, 1.82) is 0 Å². The Morgan fingerprint density at radius 3 is 2.33 bits per heavy atom. The van der Waals surface area contributed by atoms with Crippen LogP contribution < -0.4 is 5.32 Å². The summed E-state index contributed by atoms with van der Waals surface area (Å²) in [5.74, 6) is -0.896. The Hall–Kier alpha value is -2.21. The number of nitrogens with one attached hydrogen (secondary N) is 1. The molecule has 0 radical (unpaired) electrons. The number of hydrogen-bond acceptors (Lipinski definition) is 4. The van der Waals surface area contributed by atoms with E-state index in [2.05, 4.69) is 18.5 Å². The first-order valence-electron chi connectivity index (χ1n) is 5.97. The summed E-state index contributed by atoms with van der Waals surface area (Å²) >= 11 is 1.48. The van der Waals surface area contributed by atoms with Gasteiger partial charge in [-0.05, 0) is 42.5 Å². The van der Waals surface area contributed by atoms with Crippen LogP contribution in [0.5, 0.6) is 5.75 Å². The summed E-state index contributed by atoms with van der Waals surface area (Å²) in [6.07, 6.45) is 3.97. The molecule has 1 rings (SSSR count). The summed E-state index contributed by atoms with van der Waals surface area (Å²) in [6, 6.07) is 3.60. The van der Waals surface area contributed by atoms with E-state index in [9.17, 15) is 14.7 Å². The number of carboxylic acid groups (broad SMARTS) is 1. The van der Waals surface area contributed by atoms with Crippen LogP contribution in [0.3, 0.4) is 0 Å².